The molecular formula is C25H28N6O5S. The van der Waals surface area contributed by atoms with Crippen LogP contribution in [0.4, 0.5) is 0 Å². The molecule has 0 amide bonds. The van der Waals surface area contributed by atoms with Crippen molar-refractivity contribution in [3.8, 4) is 28.7 Å². The van der Waals surface area contributed by atoms with Crippen molar-refractivity contribution in [2.75, 3.05) is 14.2 Å². The van der Waals surface area contributed by atoms with Gasteiger partial charge in [0.15, 0.2) is 27.3 Å². The Bertz CT molecular complexity index is 1480. The van der Waals surface area contributed by atoms with Gasteiger partial charge in [0.05, 0.1) is 19.5 Å². The van der Waals surface area contributed by atoms with Crippen molar-refractivity contribution in [1.29, 1.82) is 0 Å². The van der Waals surface area contributed by atoms with E-state index in [0.29, 0.717) is 28.7 Å². The summed E-state index contributed by atoms with van der Waals surface area (Å²) in [4.78, 5) is 12.7. The van der Waals surface area contributed by atoms with E-state index in [1.807, 2.05) is 19.1 Å². The molecule has 2 atom stereocenters. The molecular weight excluding hydrogens is 496 g/mol. The normalized spacial score (nSPS) is 13.2. The zero-order valence-electron chi connectivity index (χ0n) is 21.2. The van der Waals surface area contributed by atoms with Crippen LogP contribution in [-0.4, -0.2) is 62.7 Å². The molecule has 0 fully saturated rings. The van der Waals surface area contributed by atoms with E-state index in [0.717, 1.165) is 11.3 Å². The zero-order chi connectivity index (χ0) is 26.7. The molecule has 0 spiro atoms. The lowest BCUT2D eigenvalue weighted by Gasteiger charge is -2.20. The van der Waals surface area contributed by atoms with Gasteiger partial charge in [-0.05, 0) is 50.6 Å². The number of nitrogens with zero attached hydrogens (tertiary/aromatic N) is 6. The number of aliphatic hydroxyl groups excluding tert-OH is 1. The lowest BCUT2D eigenvalue weighted by Crippen LogP contribution is -2.29. The number of ether oxygens (including phenoxy) is 2. The second-order valence-electron chi connectivity index (χ2n) is 8.53. The lowest BCUT2D eigenvalue weighted by atomic mass is 10.2. The number of aromatic nitrogens is 6. The number of rotatable bonds is 9. The molecule has 0 aliphatic rings. The molecule has 3 aromatic heterocycles. The molecule has 12 heteroatoms. The number of methoxy groups -OCH3 is 2. The topological polar surface area (TPSA) is 142 Å². The quantitative estimate of drug-likeness (QED) is 0.347. The first kappa shape index (κ1) is 26.2. The Morgan fingerprint density at radius 3 is 2.19 bits per heavy atom. The van der Waals surface area contributed by atoms with Crippen molar-refractivity contribution in [2.24, 2.45) is 0 Å². The summed E-state index contributed by atoms with van der Waals surface area (Å²) in [5.41, 5.74) is 2.46. The van der Waals surface area contributed by atoms with Crippen LogP contribution in [0, 0.1) is 13.8 Å². The maximum atomic E-state index is 13.5. The summed E-state index contributed by atoms with van der Waals surface area (Å²) < 4.78 is 39.7. The summed E-state index contributed by atoms with van der Waals surface area (Å²) >= 11 is 0. The predicted octanol–water partition coefficient (Wildman–Crippen LogP) is 2.79. The van der Waals surface area contributed by atoms with Crippen LogP contribution in [0.5, 0.6) is 11.5 Å². The summed E-state index contributed by atoms with van der Waals surface area (Å²) in [6.07, 6.45) is 1.62. The van der Waals surface area contributed by atoms with Gasteiger partial charge in [0.25, 0.3) is 0 Å². The molecule has 0 bridgehead atoms. The SMILES string of the molecule is COc1cccc(OC)c1-n1c(CS(=O)(=O)[C@H](C)[C@H](O)c2ncc(C)cn2)nnc1-c1cccc(C)n1. The van der Waals surface area contributed by atoms with Crippen molar-refractivity contribution in [2.45, 2.75) is 37.9 Å². The van der Waals surface area contributed by atoms with E-state index in [2.05, 4.69) is 25.1 Å². The van der Waals surface area contributed by atoms with Crippen LogP contribution in [0.15, 0.2) is 48.8 Å². The molecule has 4 aromatic rings. The summed E-state index contributed by atoms with van der Waals surface area (Å²) in [6.45, 7) is 5.06. The minimum Gasteiger partial charge on any atom is -0.494 e. The number of sulfone groups is 1. The van der Waals surface area contributed by atoms with Crippen LogP contribution >= 0.6 is 0 Å². The number of para-hydroxylation sites is 1. The van der Waals surface area contributed by atoms with Crippen molar-refractivity contribution < 1.29 is 23.0 Å². The molecule has 37 heavy (non-hydrogen) atoms. The predicted molar refractivity (Wildman–Crippen MR) is 136 cm³/mol. The number of hydrogen-bond acceptors (Lipinski definition) is 10. The highest BCUT2D eigenvalue weighted by atomic mass is 32.2. The van der Waals surface area contributed by atoms with Gasteiger partial charge in [-0.25, -0.2) is 23.4 Å². The first-order chi connectivity index (χ1) is 17.7. The van der Waals surface area contributed by atoms with E-state index >= 15 is 0 Å². The highest BCUT2D eigenvalue weighted by molar-refractivity contribution is 7.91. The van der Waals surface area contributed by atoms with Gasteiger partial charge in [0, 0.05) is 18.1 Å². The molecule has 0 saturated carbocycles. The van der Waals surface area contributed by atoms with Crippen LogP contribution in [0.25, 0.3) is 17.2 Å². The first-order valence-electron chi connectivity index (χ1n) is 11.4. The van der Waals surface area contributed by atoms with E-state index in [1.54, 1.807) is 35.8 Å². The zero-order valence-corrected chi connectivity index (χ0v) is 22.0. The molecule has 1 aromatic carbocycles. The fraction of sp³-hybridized carbons (Fsp3) is 0.320. The van der Waals surface area contributed by atoms with Crippen LogP contribution in [0.2, 0.25) is 0 Å². The van der Waals surface area contributed by atoms with Crippen LogP contribution in [-0.2, 0) is 15.6 Å². The second-order valence-corrected chi connectivity index (χ2v) is 10.9. The van der Waals surface area contributed by atoms with Crippen molar-refractivity contribution >= 4 is 9.84 Å². The van der Waals surface area contributed by atoms with Gasteiger partial charge in [-0.3, -0.25) is 4.57 Å². The highest BCUT2D eigenvalue weighted by Gasteiger charge is 2.34. The van der Waals surface area contributed by atoms with E-state index in [1.165, 1.54) is 33.5 Å². The average Bonchev–Trinajstić information content (AvgIpc) is 3.29. The van der Waals surface area contributed by atoms with E-state index in [-0.39, 0.29) is 11.6 Å². The number of aliphatic hydroxyl groups is 1. The van der Waals surface area contributed by atoms with Gasteiger partial charge in [-0.2, -0.15) is 0 Å². The maximum absolute atomic E-state index is 13.5. The van der Waals surface area contributed by atoms with Crippen molar-refractivity contribution in [3.05, 3.63) is 71.7 Å². The summed E-state index contributed by atoms with van der Waals surface area (Å²) in [5.74, 6) is 0.758. The van der Waals surface area contributed by atoms with Gasteiger partial charge >= 0.3 is 0 Å². The third kappa shape index (κ3) is 5.30. The lowest BCUT2D eigenvalue weighted by molar-refractivity contribution is 0.166. The maximum Gasteiger partial charge on any atom is 0.187 e. The summed E-state index contributed by atoms with van der Waals surface area (Å²) in [6, 6.07) is 10.6. The van der Waals surface area contributed by atoms with Gasteiger partial charge in [-0.15, -0.1) is 10.2 Å². The Morgan fingerprint density at radius 2 is 1.59 bits per heavy atom. The van der Waals surface area contributed by atoms with Crippen molar-refractivity contribution in [1.82, 2.24) is 29.7 Å². The third-order valence-electron chi connectivity index (χ3n) is 5.88. The van der Waals surface area contributed by atoms with Crippen LogP contribution in [0.1, 0.15) is 35.9 Å². The van der Waals surface area contributed by atoms with Gasteiger partial charge in [0.2, 0.25) is 0 Å². The smallest absolute Gasteiger partial charge is 0.187 e. The van der Waals surface area contributed by atoms with Crippen molar-refractivity contribution in [3.63, 3.8) is 0 Å². The highest BCUT2D eigenvalue weighted by Crippen LogP contribution is 2.36. The van der Waals surface area contributed by atoms with Gasteiger partial charge < -0.3 is 14.6 Å². The molecule has 4 rings (SSSR count). The Labute approximate surface area is 215 Å². The molecule has 1 N–H and O–H groups in total. The number of pyridine rings is 1. The molecule has 0 radical (unpaired) electrons. The second kappa shape index (κ2) is 10.6. The summed E-state index contributed by atoms with van der Waals surface area (Å²) in [5, 5.41) is 18.1. The average molecular weight is 525 g/mol. The number of benzene rings is 1. The van der Waals surface area contributed by atoms with Gasteiger partial charge in [-0.1, -0.05) is 12.1 Å². The minimum absolute atomic E-state index is 0.0270. The molecule has 0 unspecified atom stereocenters. The number of aryl methyl sites for hydroxylation is 2. The molecule has 194 valence electrons. The van der Waals surface area contributed by atoms with E-state index < -0.39 is 26.9 Å². The Hall–Kier alpha value is -3.90. The fourth-order valence-corrected chi connectivity index (χ4v) is 5.13. The van der Waals surface area contributed by atoms with Crippen LogP contribution in [0.3, 0.4) is 0 Å². The standard InChI is InChI=1S/C25H28N6O5S/c1-15-12-26-24(27-13-15)23(32)17(3)37(33,34)14-21-29-30-25(18-9-6-8-16(2)28-18)31(21)22-19(35-4)10-7-11-20(22)36-5/h6-13,17,23,32H,14H2,1-5H3/t17-,23+/m1/s1. The summed E-state index contributed by atoms with van der Waals surface area (Å²) in [7, 11) is -0.966. The van der Waals surface area contributed by atoms with Gasteiger partial charge in [0.1, 0.15) is 34.7 Å². The minimum atomic E-state index is -3.97. The largest absolute Gasteiger partial charge is 0.494 e. The molecule has 11 nitrogen and oxygen atoms in total. The van der Waals surface area contributed by atoms with E-state index in [9.17, 15) is 13.5 Å². The molecule has 0 aliphatic carbocycles. The Morgan fingerprint density at radius 1 is 0.973 bits per heavy atom. The van der Waals surface area contributed by atoms with Crippen LogP contribution < -0.4 is 9.47 Å². The number of hydrogen-bond donors (Lipinski definition) is 1. The monoisotopic (exact) mass is 524 g/mol. The fourth-order valence-electron chi connectivity index (χ4n) is 3.80. The molecule has 0 aliphatic heterocycles. The molecule has 0 saturated heterocycles. The Kier molecular flexibility index (Phi) is 7.50. The van der Waals surface area contributed by atoms with E-state index in [4.69, 9.17) is 9.47 Å². The molecule has 3 heterocycles. The third-order valence-corrected chi connectivity index (χ3v) is 7.93. The first-order valence-corrected chi connectivity index (χ1v) is 13.2. The Balaban J connectivity index is 1.83.